The predicted molar refractivity (Wildman–Crippen MR) is 68.7 cm³/mol. The number of benzene rings is 1. The molecule has 1 unspecified atom stereocenters. The van der Waals surface area contributed by atoms with Gasteiger partial charge in [-0.1, -0.05) is 25.1 Å². The van der Waals surface area contributed by atoms with Gasteiger partial charge in [0, 0.05) is 0 Å². The average molecular weight is 232 g/mol. The predicted octanol–water partition coefficient (Wildman–Crippen LogP) is 2.79. The highest BCUT2D eigenvalue weighted by molar-refractivity contribution is 5.31. The second-order valence-electron chi connectivity index (χ2n) is 4.34. The van der Waals surface area contributed by atoms with E-state index in [1.807, 2.05) is 38.1 Å². The number of nitriles is 1. The molecule has 0 saturated carbocycles. The van der Waals surface area contributed by atoms with Crippen LogP contribution in [0.4, 0.5) is 0 Å². The van der Waals surface area contributed by atoms with Crippen molar-refractivity contribution in [2.45, 2.75) is 38.6 Å². The Morgan fingerprint density at radius 3 is 2.71 bits per heavy atom. The van der Waals surface area contributed by atoms with Crippen LogP contribution in [-0.2, 0) is 0 Å². The molecule has 3 nitrogen and oxygen atoms in total. The zero-order valence-electron chi connectivity index (χ0n) is 10.6. The lowest BCUT2D eigenvalue weighted by Crippen LogP contribution is -2.37. The van der Waals surface area contributed by atoms with Gasteiger partial charge in [-0.3, -0.25) is 0 Å². The molecule has 0 heterocycles. The lowest BCUT2D eigenvalue weighted by atomic mass is 9.94. The number of nitrogens with two attached hydrogens (primary N) is 1. The van der Waals surface area contributed by atoms with Crippen LogP contribution in [0.25, 0.3) is 0 Å². The summed E-state index contributed by atoms with van der Waals surface area (Å²) in [6.45, 7) is 4.56. The van der Waals surface area contributed by atoms with Crippen LogP contribution < -0.4 is 10.5 Å². The van der Waals surface area contributed by atoms with E-state index in [2.05, 4.69) is 6.07 Å². The first-order valence-electron chi connectivity index (χ1n) is 6.00. The first-order valence-corrected chi connectivity index (χ1v) is 6.00. The van der Waals surface area contributed by atoms with Gasteiger partial charge < -0.3 is 10.5 Å². The summed E-state index contributed by atoms with van der Waals surface area (Å²) in [6.07, 6.45) is 2.14. The van der Waals surface area contributed by atoms with Gasteiger partial charge in [-0.05, 0) is 37.8 Å². The van der Waals surface area contributed by atoms with Crippen molar-refractivity contribution in [2.75, 3.05) is 6.61 Å². The molecule has 0 amide bonds. The molecule has 0 saturated heterocycles. The molecule has 1 rings (SSSR count). The molecule has 0 radical (unpaired) electrons. The number of ether oxygens (including phenoxy) is 1. The molecule has 2 N–H and O–H groups in total. The van der Waals surface area contributed by atoms with E-state index in [4.69, 9.17) is 15.7 Å². The Morgan fingerprint density at radius 1 is 1.41 bits per heavy atom. The molecule has 0 aliphatic carbocycles. The molecule has 0 aliphatic heterocycles. The van der Waals surface area contributed by atoms with Crippen molar-refractivity contribution >= 4 is 0 Å². The average Bonchev–Trinajstić information content (AvgIpc) is 2.36. The summed E-state index contributed by atoms with van der Waals surface area (Å²) in [5, 5.41) is 8.93. The second kappa shape index (κ2) is 6.27. The van der Waals surface area contributed by atoms with Crippen molar-refractivity contribution < 1.29 is 4.74 Å². The Labute approximate surface area is 103 Å². The van der Waals surface area contributed by atoms with E-state index in [9.17, 15) is 0 Å². The fourth-order valence-corrected chi connectivity index (χ4v) is 1.60. The third-order valence-electron chi connectivity index (χ3n) is 2.97. The van der Waals surface area contributed by atoms with Gasteiger partial charge in [-0.15, -0.1) is 0 Å². The maximum Gasteiger partial charge on any atom is 0.122 e. The van der Waals surface area contributed by atoms with E-state index in [1.165, 1.54) is 0 Å². The summed E-state index contributed by atoms with van der Waals surface area (Å²) in [4.78, 5) is 0. The Hall–Kier alpha value is -1.53. The van der Waals surface area contributed by atoms with Gasteiger partial charge in [0.15, 0.2) is 0 Å². The minimum Gasteiger partial charge on any atom is -0.493 e. The fourth-order valence-electron chi connectivity index (χ4n) is 1.60. The van der Waals surface area contributed by atoms with Gasteiger partial charge in [0.05, 0.1) is 12.7 Å². The molecule has 0 aliphatic rings. The monoisotopic (exact) mass is 232 g/mol. The van der Waals surface area contributed by atoms with Crippen LogP contribution in [0.2, 0.25) is 0 Å². The summed E-state index contributed by atoms with van der Waals surface area (Å²) >= 11 is 0. The number of rotatable bonds is 6. The van der Waals surface area contributed by atoms with Gasteiger partial charge in [0.1, 0.15) is 11.3 Å². The highest BCUT2D eigenvalue weighted by Crippen LogP contribution is 2.18. The molecule has 1 aromatic rings. The van der Waals surface area contributed by atoms with Gasteiger partial charge in [-0.25, -0.2) is 0 Å². The maximum atomic E-state index is 8.93. The van der Waals surface area contributed by atoms with Crippen LogP contribution in [0.3, 0.4) is 0 Å². The van der Waals surface area contributed by atoms with E-state index in [1.54, 1.807) is 0 Å². The topological polar surface area (TPSA) is 59.0 Å². The Bertz CT molecular complexity index is 397. The smallest absolute Gasteiger partial charge is 0.122 e. The summed E-state index contributed by atoms with van der Waals surface area (Å²) in [6, 6.07) is 10.1. The fraction of sp³-hybridized carbons (Fsp3) is 0.500. The Balaban J connectivity index is 2.35. The summed E-state index contributed by atoms with van der Waals surface area (Å²) in [5.41, 5.74) is 6.32. The quantitative estimate of drug-likeness (QED) is 0.767. The van der Waals surface area contributed by atoms with Crippen molar-refractivity contribution in [1.29, 1.82) is 5.26 Å². The van der Waals surface area contributed by atoms with Crippen LogP contribution in [0.15, 0.2) is 24.3 Å². The molecule has 0 spiro atoms. The summed E-state index contributed by atoms with van der Waals surface area (Å²) in [5.74, 6) is 0.906. The molecule has 0 fully saturated rings. The van der Waals surface area contributed by atoms with E-state index >= 15 is 0 Å². The molecular formula is C14H20N2O. The van der Waals surface area contributed by atoms with Crippen LogP contribution >= 0.6 is 0 Å². The van der Waals surface area contributed by atoms with E-state index < -0.39 is 5.54 Å². The van der Waals surface area contributed by atoms with Gasteiger partial charge in [0.2, 0.25) is 0 Å². The third-order valence-corrected chi connectivity index (χ3v) is 2.97. The van der Waals surface area contributed by atoms with Crippen molar-refractivity contribution in [1.82, 2.24) is 0 Å². The van der Waals surface area contributed by atoms with Crippen molar-refractivity contribution in [3.8, 4) is 11.8 Å². The minimum atomic E-state index is -0.699. The molecule has 0 bridgehead atoms. The van der Waals surface area contributed by atoms with E-state index in [-0.39, 0.29) is 0 Å². The third kappa shape index (κ3) is 4.08. The lowest BCUT2D eigenvalue weighted by Gasteiger charge is -2.19. The van der Waals surface area contributed by atoms with E-state index in [0.717, 1.165) is 17.7 Å². The SMILES string of the molecule is CCC(N)(C#N)CCCOc1ccccc1C. The highest BCUT2D eigenvalue weighted by atomic mass is 16.5. The van der Waals surface area contributed by atoms with Crippen molar-refractivity contribution in [2.24, 2.45) is 5.73 Å². The zero-order chi connectivity index (χ0) is 12.7. The van der Waals surface area contributed by atoms with Crippen molar-refractivity contribution in [3.05, 3.63) is 29.8 Å². The number of para-hydroxylation sites is 1. The minimum absolute atomic E-state index is 0.603. The highest BCUT2D eigenvalue weighted by Gasteiger charge is 2.21. The Kier molecular flexibility index (Phi) is 4.99. The number of nitrogens with zero attached hydrogens (tertiary/aromatic N) is 1. The molecule has 92 valence electrons. The lowest BCUT2D eigenvalue weighted by molar-refractivity contribution is 0.290. The van der Waals surface area contributed by atoms with Crippen LogP contribution in [0, 0.1) is 18.3 Å². The van der Waals surface area contributed by atoms with Crippen LogP contribution in [-0.4, -0.2) is 12.1 Å². The summed E-state index contributed by atoms with van der Waals surface area (Å²) in [7, 11) is 0. The second-order valence-corrected chi connectivity index (χ2v) is 4.34. The van der Waals surface area contributed by atoms with Gasteiger partial charge >= 0.3 is 0 Å². The first-order chi connectivity index (χ1) is 8.11. The van der Waals surface area contributed by atoms with Gasteiger partial charge in [-0.2, -0.15) is 5.26 Å². The van der Waals surface area contributed by atoms with Crippen LogP contribution in [0.1, 0.15) is 31.7 Å². The number of hydrogen-bond donors (Lipinski definition) is 1. The first kappa shape index (κ1) is 13.5. The number of hydrogen-bond acceptors (Lipinski definition) is 3. The largest absolute Gasteiger partial charge is 0.493 e. The molecule has 0 aromatic heterocycles. The number of aryl methyl sites for hydroxylation is 1. The zero-order valence-corrected chi connectivity index (χ0v) is 10.6. The molecule has 17 heavy (non-hydrogen) atoms. The molecule has 1 aromatic carbocycles. The Morgan fingerprint density at radius 2 is 2.12 bits per heavy atom. The van der Waals surface area contributed by atoms with Gasteiger partial charge in [0.25, 0.3) is 0 Å². The van der Waals surface area contributed by atoms with E-state index in [0.29, 0.717) is 19.4 Å². The van der Waals surface area contributed by atoms with Crippen LogP contribution in [0.5, 0.6) is 5.75 Å². The molecule has 3 heteroatoms. The normalized spacial score (nSPS) is 13.8. The summed E-state index contributed by atoms with van der Waals surface area (Å²) < 4.78 is 5.66. The standard InChI is InChI=1S/C14H20N2O/c1-3-14(16,11-15)9-6-10-17-13-8-5-4-7-12(13)2/h4-5,7-8H,3,6,9-10,16H2,1-2H3. The van der Waals surface area contributed by atoms with Crippen molar-refractivity contribution in [3.63, 3.8) is 0 Å². The maximum absolute atomic E-state index is 8.93. The molecule has 1 atom stereocenters. The molecular weight excluding hydrogens is 212 g/mol.